The Labute approximate surface area is 110 Å². The summed E-state index contributed by atoms with van der Waals surface area (Å²) in [5.74, 6) is 0.0586. The minimum Gasteiger partial charge on any atom is -0.462 e. The van der Waals surface area contributed by atoms with Gasteiger partial charge >= 0.3 is 5.97 Å². The number of benzene rings is 1. The third kappa shape index (κ3) is 4.71. The van der Waals surface area contributed by atoms with Crippen LogP contribution in [0.3, 0.4) is 0 Å². The minimum atomic E-state index is -0.544. The van der Waals surface area contributed by atoms with Gasteiger partial charge in [-0.2, -0.15) is 0 Å². The van der Waals surface area contributed by atoms with E-state index in [2.05, 4.69) is 0 Å². The van der Waals surface area contributed by atoms with Crippen molar-refractivity contribution >= 4 is 23.3 Å². The van der Waals surface area contributed by atoms with E-state index in [0.29, 0.717) is 12.5 Å². The van der Waals surface area contributed by atoms with Gasteiger partial charge in [0.15, 0.2) is 0 Å². The van der Waals surface area contributed by atoms with Crippen LogP contribution in [0.15, 0.2) is 24.3 Å². The lowest BCUT2D eigenvalue weighted by atomic mass is 10.2. The Bertz CT molecular complexity index is 422. The number of esters is 1. The van der Waals surface area contributed by atoms with Gasteiger partial charge in [0, 0.05) is 18.0 Å². The molecule has 98 valence electrons. The van der Waals surface area contributed by atoms with E-state index >= 15 is 0 Å². The largest absolute Gasteiger partial charge is 0.462 e. The number of nitro groups is 1. The molecular weight excluding hydrogens is 258 g/mol. The molecule has 0 saturated carbocycles. The van der Waals surface area contributed by atoms with E-state index in [-0.39, 0.29) is 11.3 Å². The molecule has 0 N–H and O–H groups in total. The molecule has 0 amide bonds. The number of hydrogen-bond acceptors (Lipinski definition) is 4. The van der Waals surface area contributed by atoms with Crippen molar-refractivity contribution in [3.8, 4) is 0 Å². The van der Waals surface area contributed by atoms with Crippen molar-refractivity contribution in [1.29, 1.82) is 0 Å². The van der Waals surface area contributed by atoms with Crippen LogP contribution in [0.2, 0.25) is 0 Å². The molecule has 0 aliphatic heterocycles. The molecule has 5 nitrogen and oxygen atoms in total. The number of rotatable bonds is 7. The third-order valence-corrected chi connectivity index (χ3v) is 2.57. The Balaban J connectivity index is 2.46. The van der Waals surface area contributed by atoms with Crippen LogP contribution < -0.4 is 0 Å². The van der Waals surface area contributed by atoms with Crippen LogP contribution in [-0.2, 0) is 4.74 Å². The highest BCUT2D eigenvalue weighted by molar-refractivity contribution is 6.17. The summed E-state index contributed by atoms with van der Waals surface area (Å²) in [4.78, 5) is 21.6. The Morgan fingerprint density at radius 3 is 2.78 bits per heavy atom. The van der Waals surface area contributed by atoms with Crippen molar-refractivity contribution in [2.24, 2.45) is 0 Å². The molecule has 1 aromatic rings. The molecule has 0 radical (unpaired) electrons. The number of non-ortho nitro benzene ring substituents is 1. The van der Waals surface area contributed by atoms with Gasteiger partial charge < -0.3 is 4.74 Å². The third-order valence-electron chi connectivity index (χ3n) is 2.30. The van der Waals surface area contributed by atoms with Gasteiger partial charge in [-0.3, -0.25) is 10.1 Å². The summed E-state index contributed by atoms with van der Waals surface area (Å²) in [6.45, 7) is 0.304. The van der Waals surface area contributed by atoms with Gasteiger partial charge in [-0.1, -0.05) is 6.07 Å². The molecule has 0 aromatic heterocycles. The molecule has 0 unspecified atom stereocenters. The normalized spacial score (nSPS) is 10.1. The number of ether oxygens (including phenoxy) is 1. The Kier molecular flexibility index (Phi) is 6.14. The van der Waals surface area contributed by atoms with Crippen LogP contribution >= 0.6 is 11.6 Å². The first-order valence-electron chi connectivity index (χ1n) is 5.62. The number of hydrogen-bond donors (Lipinski definition) is 0. The van der Waals surface area contributed by atoms with E-state index in [9.17, 15) is 14.9 Å². The van der Waals surface area contributed by atoms with Crippen LogP contribution in [0.25, 0.3) is 0 Å². The van der Waals surface area contributed by atoms with Gasteiger partial charge in [0.25, 0.3) is 5.69 Å². The van der Waals surface area contributed by atoms with Crippen LogP contribution in [0.5, 0.6) is 0 Å². The zero-order valence-electron chi connectivity index (χ0n) is 9.80. The molecule has 1 aromatic carbocycles. The Morgan fingerprint density at radius 2 is 2.11 bits per heavy atom. The lowest BCUT2D eigenvalue weighted by Crippen LogP contribution is -2.06. The Morgan fingerprint density at radius 1 is 1.33 bits per heavy atom. The van der Waals surface area contributed by atoms with Gasteiger partial charge in [0.05, 0.1) is 17.1 Å². The van der Waals surface area contributed by atoms with Crippen molar-refractivity contribution in [2.75, 3.05) is 12.5 Å². The number of nitrogens with zero attached hydrogens (tertiary/aromatic N) is 1. The zero-order chi connectivity index (χ0) is 13.4. The molecule has 0 aliphatic rings. The molecule has 0 heterocycles. The fourth-order valence-corrected chi connectivity index (χ4v) is 1.56. The van der Waals surface area contributed by atoms with E-state index in [1.165, 1.54) is 24.3 Å². The SMILES string of the molecule is O=C(OCCCCCCl)c1cccc([N+](=O)[O-])c1. The monoisotopic (exact) mass is 271 g/mol. The molecule has 0 atom stereocenters. The lowest BCUT2D eigenvalue weighted by molar-refractivity contribution is -0.384. The number of carbonyl (C=O) groups is 1. The highest BCUT2D eigenvalue weighted by atomic mass is 35.5. The molecular formula is C12H14ClNO4. The molecule has 0 spiro atoms. The van der Waals surface area contributed by atoms with E-state index in [4.69, 9.17) is 16.3 Å². The van der Waals surface area contributed by atoms with Crippen molar-refractivity contribution < 1.29 is 14.5 Å². The summed E-state index contributed by atoms with van der Waals surface area (Å²) < 4.78 is 5.00. The fourth-order valence-electron chi connectivity index (χ4n) is 1.37. The predicted molar refractivity (Wildman–Crippen MR) is 67.9 cm³/mol. The maximum atomic E-state index is 11.6. The van der Waals surface area contributed by atoms with Gasteiger partial charge in [0.1, 0.15) is 0 Å². The second-order valence-electron chi connectivity index (χ2n) is 3.69. The number of alkyl halides is 1. The Hall–Kier alpha value is -1.62. The minimum absolute atomic E-state index is 0.119. The van der Waals surface area contributed by atoms with E-state index in [0.717, 1.165) is 19.3 Å². The maximum absolute atomic E-state index is 11.6. The number of halogens is 1. The van der Waals surface area contributed by atoms with Crippen LogP contribution in [0.1, 0.15) is 29.6 Å². The molecule has 6 heteroatoms. The van der Waals surface area contributed by atoms with E-state index in [1.807, 2.05) is 0 Å². The smallest absolute Gasteiger partial charge is 0.338 e. The van der Waals surface area contributed by atoms with E-state index in [1.54, 1.807) is 0 Å². The molecule has 1 rings (SSSR count). The summed E-state index contributed by atoms with van der Waals surface area (Å²) in [5.41, 5.74) is 0.0770. The first-order valence-corrected chi connectivity index (χ1v) is 6.16. The molecule has 0 fully saturated rings. The average Bonchev–Trinajstić information content (AvgIpc) is 2.38. The zero-order valence-corrected chi connectivity index (χ0v) is 10.6. The first-order chi connectivity index (χ1) is 8.65. The van der Waals surface area contributed by atoms with Crippen molar-refractivity contribution in [3.05, 3.63) is 39.9 Å². The topological polar surface area (TPSA) is 69.4 Å². The maximum Gasteiger partial charge on any atom is 0.338 e. The standard InChI is InChI=1S/C12H14ClNO4/c13-7-2-1-3-8-18-12(15)10-5-4-6-11(9-10)14(16)17/h4-6,9H,1-3,7-8H2. The van der Waals surface area contributed by atoms with Crippen molar-refractivity contribution in [3.63, 3.8) is 0 Å². The van der Waals surface area contributed by atoms with Crippen molar-refractivity contribution in [2.45, 2.75) is 19.3 Å². The van der Waals surface area contributed by atoms with Crippen LogP contribution in [-0.4, -0.2) is 23.4 Å². The highest BCUT2D eigenvalue weighted by Gasteiger charge is 2.12. The summed E-state index contributed by atoms with van der Waals surface area (Å²) in [6.07, 6.45) is 2.52. The second-order valence-corrected chi connectivity index (χ2v) is 4.07. The molecule has 0 aliphatic carbocycles. The van der Waals surface area contributed by atoms with Gasteiger partial charge in [0.2, 0.25) is 0 Å². The van der Waals surface area contributed by atoms with Gasteiger partial charge in [-0.05, 0) is 25.3 Å². The quantitative estimate of drug-likeness (QED) is 0.251. The van der Waals surface area contributed by atoms with Gasteiger partial charge in [-0.15, -0.1) is 11.6 Å². The average molecular weight is 272 g/mol. The van der Waals surface area contributed by atoms with Crippen molar-refractivity contribution in [1.82, 2.24) is 0 Å². The lowest BCUT2D eigenvalue weighted by Gasteiger charge is -2.04. The predicted octanol–water partition coefficient (Wildman–Crippen LogP) is 3.16. The highest BCUT2D eigenvalue weighted by Crippen LogP contribution is 2.14. The molecule has 0 saturated heterocycles. The van der Waals surface area contributed by atoms with Gasteiger partial charge in [-0.25, -0.2) is 4.79 Å². The first kappa shape index (κ1) is 14.4. The van der Waals surface area contributed by atoms with Crippen LogP contribution in [0.4, 0.5) is 5.69 Å². The molecule has 18 heavy (non-hydrogen) atoms. The summed E-state index contributed by atoms with van der Waals surface area (Å²) in [5, 5.41) is 10.5. The summed E-state index contributed by atoms with van der Waals surface area (Å²) in [6, 6.07) is 5.49. The fraction of sp³-hybridized carbons (Fsp3) is 0.417. The van der Waals surface area contributed by atoms with Crippen LogP contribution in [0, 0.1) is 10.1 Å². The second kappa shape index (κ2) is 7.66. The number of carbonyl (C=O) groups excluding carboxylic acids is 1. The number of unbranched alkanes of at least 4 members (excludes halogenated alkanes) is 2. The summed E-state index contributed by atoms with van der Waals surface area (Å²) in [7, 11) is 0. The van der Waals surface area contributed by atoms with E-state index < -0.39 is 10.9 Å². The molecule has 0 bridgehead atoms. The summed E-state index contributed by atoms with van der Waals surface area (Å²) >= 11 is 5.51. The number of nitro benzene ring substituents is 1.